The molecule has 0 aliphatic carbocycles. The molecule has 140 valence electrons. The summed E-state index contributed by atoms with van der Waals surface area (Å²) >= 11 is 1.76. The van der Waals surface area contributed by atoms with Crippen LogP contribution in [-0.2, 0) is 9.53 Å². The highest BCUT2D eigenvalue weighted by atomic mass is 32.2. The minimum Gasteiger partial charge on any atom is -0.478 e. The van der Waals surface area contributed by atoms with E-state index in [4.69, 9.17) is 9.84 Å². The topological polar surface area (TPSA) is 75.6 Å². The molecular weight excluding hydrogens is 338 g/mol. The van der Waals surface area contributed by atoms with Crippen molar-refractivity contribution in [3.05, 3.63) is 35.4 Å². The third-order valence-electron chi connectivity index (χ3n) is 3.69. The Morgan fingerprint density at radius 3 is 2.20 bits per heavy atom. The SMILES string of the molecule is CNC(SCC(C)(C)CC(C)(C)OC(C)=O)c1ccc(C(=O)O)cc1. The number of rotatable bonds is 9. The molecule has 25 heavy (non-hydrogen) atoms. The summed E-state index contributed by atoms with van der Waals surface area (Å²) in [5.74, 6) is -0.321. The van der Waals surface area contributed by atoms with E-state index in [0.717, 1.165) is 17.7 Å². The Balaban J connectivity index is 2.71. The van der Waals surface area contributed by atoms with Gasteiger partial charge in [-0.05, 0) is 50.4 Å². The first-order chi connectivity index (χ1) is 11.5. The van der Waals surface area contributed by atoms with Crippen molar-refractivity contribution in [1.82, 2.24) is 5.32 Å². The number of ether oxygens (including phenoxy) is 1. The van der Waals surface area contributed by atoms with E-state index in [0.29, 0.717) is 0 Å². The van der Waals surface area contributed by atoms with Gasteiger partial charge in [0.1, 0.15) is 5.60 Å². The standard InChI is InChI=1S/C19H29NO4S/c1-13(21)24-19(4,5)11-18(2,3)12-25-16(20-6)14-7-9-15(10-8-14)17(22)23/h7-10,16,20H,11-12H2,1-6H3,(H,22,23). The quantitative estimate of drug-likeness (QED) is 0.506. The largest absolute Gasteiger partial charge is 0.478 e. The Labute approximate surface area is 154 Å². The van der Waals surface area contributed by atoms with Crippen LogP contribution in [0.4, 0.5) is 0 Å². The second kappa shape index (κ2) is 8.72. The maximum Gasteiger partial charge on any atom is 0.335 e. The highest BCUT2D eigenvalue weighted by molar-refractivity contribution is 7.99. The van der Waals surface area contributed by atoms with Crippen LogP contribution in [0.1, 0.15) is 62.3 Å². The average molecular weight is 368 g/mol. The summed E-state index contributed by atoms with van der Waals surface area (Å²) in [4.78, 5) is 22.2. The van der Waals surface area contributed by atoms with Crippen molar-refractivity contribution in [2.75, 3.05) is 12.8 Å². The molecule has 6 heteroatoms. The van der Waals surface area contributed by atoms with Crippen LogP contribution in [0.25, 0.3) is 0 Å². The van der Waals surface area contributed by atoms with Gasteiger partial charge in [-0.25, -0.2) is 4.79 Å². The van der Waals surface area contributed by atoms with Crippen molar-refractivity contribution in [2.24, 2.45) is 5.41 Å². The molecule has 5 nitrogen and oxygen atoms in total. The van der Waals surface area contributed by atoms with Crippen molar-refractivity contribution in [3.63, 3.8) is 0 Å². The number of hydrogen-bond donors (Lipinski definition) is 2. The van der Waals surface area contributed by atoms with Gasteiger partial charge in [0, 0.05) is 12.7 Å². The van der Waals surface area contributed by atoms with Crippen LogP contribution in [0.2, 0.25) is 0 Å². The van der Waals surface area contributed by atoms with Gasteiger partial charge in [-0.3, -0.25) is 4.79 Å². The first-order valence-corrected chi connectivity index (χ1v) is 9.32. The molecule has 0 bridgehead atoms. The number of carboxylic acids is 1. The zero-order chi connectivity index (χ0) is 19.3. The van der Waals surface area contributed by atoms with Crippen LogP contribution >= 0.6 is 11.8 Å². The third kappa shape index (κ3) is 7.48. The van der Waals surface area contributed by atoms with Gasteiger partial charge < -0.3 is 15.2 Å². The summed E-state index contributed by atoms with van der Waals surface area (Å²) in [6, 6.07) is 6.93. The fourth-order valence-electron chi connectivity index (χ4n) is 3.08. The molecular formula is C19H29NO4S. The van der Waals surface area contributed by atoms with Crippen LogP contribution in [0.3, 0.4) is 0 Å². The summed E-state index contributed by atoms with van der Waals surface area (Å²) in [5.41, 5.74) is 0.785. The number of esters is 1. The molecule has 0 amide bonds. The summed E-state index contributed by atoms with van der Waals surface area (Å²) < 4.78 is 5.41. The summed E-state index contributed by atoms with van der Waals surface area (Å²) in [7, 11) is 1.89. The zero-order valence-electron chi connectivity index (χ0n) is 15.9. The van der Waals surface area contributed by atoms with Gasteiger partial charge in [-0.15, -0.1) is 11.8 Å². The van der Waals surface area contributed by atoms with E-state index in [9.17, 15) is 9.59 Å². The molecule has 2 N–H and O–H groups in total. The van der Waals surface area contributed by atoms with Gasteiger partial charge in [0.05, 0.1) is 10.9 Å². The van der Waals surface area contributed by atoms with Crippen LogP contribution in [0.15, 0.2) is 24.3 Å². The minimum absolute atomic E-state index is 0.0281. The minimum atomic E-state index is -0.922. The highest BCUT2D eigenvalue weighted by Gasteiger charge is 2.32. The van der Waals surface area contributed by atoms with Gasteiger partial charge in [-0.1, -0.05) is 26.0 Å². The first kappa shape index (κ1) is 21.5. The Hall–Kier alpha value is -1.53. The van der Waals surface area contributed by atoms with Crippen molar-refractivity contribution >= 4 is 23.7 Å². The van der Waals surface area contributed by atoms with Gasteiger partial charge in [0.15, 0.2) is 0 Å². The predicted octanol–water partition coefficient (Wildman–Crippen LogP) is 4.09. The number of carbonyl (C=O) groups is 2. The second-order valence-corrected chi connectivity index (χ2v) is 8.69. The Bertz CT molecular complexity index is 596. The number of carboxylic acid groups (broad SMARTS) is 1. The number of nitrogens with one attached hydrogen (secondary N) is 1. The van der Waals surface area contributed by atoms with E-state index in [1.807, 2.05) is 33.0 Å². The molecule has 0 saturated heterocycles. The van der Waals surface area contributed by atoms with E-state index in [1.54, 1.807) is 23.9 Å². The Morgan fingerprint density at radius 2 is 1.76 bits per heavy atom. The van der Waals surface area contributed by atoms with E-state index in [2.05, 4.69) is 19.2 Å². The molecule has 1 rings (SSSR count). The zero-order valence-corrected chi connectivity index (χ0v) is 16.7. The van der Waals surface area contributed by atoms with E-state index in [-0.39, 0.29) is 22.3 Å². The summed E-state index contributed by atoms with van der Waals surface area (Å²) in [6.07, 6.45) is 0.751. The van der Waals surface area contributed by atoms with Gasteiger partial charge >= 0.3 is 11.9 Å². The molecule has 1 atom stereocenters. The third-order valence-corrected chi connectivity index (χ3v) is 5.48. The van der Waals surface area contributed by atoms with Gasteiger partial charge in [0.25, 0.3) is 0 Å². The number of carbonyl (C=O) groups excluding carboxylic acids is 1. The fourth-order valence-corrected chi connectivity index (χ4v) is 4.32. The maximum absolute atomic E-state index is 11.2. The maximum atomic E-state index is 11.2. The number of thioether (sulfide) groups is 1. The number of benzene rings is 1. The van der Waals surface area contributed by atoms with Crippen LogP contribution < -0.4 is 5.32 Å². The Kier molecular flexibility index (Phi) is 7.50. The molecule has 1 aromatic rings. The smallest absolute Gasteiger partial charge is 0.335 e. The van der Waals surface area contributed by atoms with Crippen molar-refractivity contribution in [2.45, 2.75) is 52.0 Å². The van der Waals surface area contributed by atoms with Crippen molar-refractivity contribution < 1.29 is 19.4 Å². The highest BCUT2D eigenvalue weighted by Crippen LogP contribution is 2.37. The molecule has 0 fully saturated rings. The van der Waals surface area contributed by atoms with Crippen LogP contribution in [-0.4, -0.2) is 35.4 Å². The van der Waals surface area contributed by atoms with Gasteiger partial charge in [-0.2, -0.15) is 0 Å². The molecule has 0 spiro atoms. The van der Waals surface area contributed by atoms with Crippen molar-refractivity contribution in [3.8, 4) is 0 Å². The van der Waals surface area contributed by atoms with E-state index < -0.39 is 11.6 Å². The van der Waals surface area contributed by atoms with E-state index >= 15 is 0 Å². The lowest BCUT2D eigenvalue weighted by Crippen LogP contribution is -2.34. The van der Waals surface area contributed by atoms with E-state index in [1.165, 1.54) is 6.92 Å². The molecule has 1 aromatic carbocycles. The lowest BCUT2D eigenvalue weighted by atomic mass is 9.83. The number of aromatic carboxylic acids is 1. The average Bonchev–Trinajstić information content (AvgIpc) is 2.45. The van der Waals surface area contributed by atoms with Gasteiger partial charge in [0.2, 0.25) is 0 Å². The molecule has 0 aromatic heterocycles. The molecule has 1 unspecified atom stereocenters. The fraction of sp³-hybridized carbons (Fsp3) is 0.579. The molecule has 0 radical (unpaired) electrons. The molecule has 0 aliphatic heterocycles. The first-order valence-electron chi connectivity index (χ1n) is 8.27. The normalized spacial score (nSPS) is 13.4. The summed E-state index contributed by atoms with van der Waals surface area (Å²) in [5, 5.41) is 12.3. The van der Waals surface area contributed by atoms with Crippen LogP contribution in [0.5, 0.6) is 0 Å². The molecule has 0 aliphatic rings. The molecule has 0 heterocycles. The Morgan fingerprint density at radius 1 is 1.20 bits per heavy atom. The van der Waals surface area contributed by atoms with Crippen molar-refractivity contribution in [1.29, 1.82) is 0 Å². The lowest BCUT2D eigenvalue weighted by Gasteiger charge is -2.35. The monoisotopic (exact) mass is 367 g/mol. The second-order valence-electron chi connectivity index (χ2n) is 7.60. The predicted molar refractivity (Wildman–Crippen MR) is 102 cm³/mol. The van der Waals surface area contributed by atoms with Crippen LogP contribution in [0, 0.1) is 5.41 Å². The number of hydrogen-bond acceptors (Lipinski definition) is 5. The lowest BCUT2D eigenvalue weighted by molar-refractivity contribution is -0.155. The molecule has 0 saturated carbocycles. The summed E-state index contributed by atoms with van der Waals surface area (Å²) in [6.45, 7) is 9.61.